The number of carboxylic acid groups (broad SMARTS) is 1. The van der Waals surface area contributed by atoms with Gasteiger partial charge < -0.3 is 5.11 Å². The highest BCUT2D eigenvalue weighted by Gasteiger charge is 2.38. The Morgan fingerprint density at radius 1 is 1.23 bits per heavy atom. The van der Waals surface area contributed by atoms with E-state index in [1.165, 1.54) is 12.5 Å². The molecule has 0 bridgehead atoms. The number of rotatable bonds is 4. The summed E-state index contributed by atoms with van der Waals surface area (Å²) in [6.07, 6.45) is 6.50. The second kappa shape index (κ2) is 6.78. The molecule has 2 aliphatic rings. The number of carboxylic acids is 1. The summed E-state index contributed by atoms with van der Waals surface area (Å²) in [6.45, 7) is 1.53. The maximum atomic E-state index is 13.4. The van der Waals surface area contributed by atoms with E-state index in [2.05, 4.69) is 4.90 Å². The topological polar surface area (TPSA) is 40.5 Å². The zero-order valence-electron chi connectivity index (χ0n) is 12.9. The van der Waals surface area contributed by atoms with Crippen molar-refractivity contribution >= 4 is 5.97 Å². The summed E-state index contributed by atoms with van der Waals surface area (Å²) >= 11 is 0. The third-order valence-corrected chi connectivity index (χ3v) is 5.28. The van der Waals surface area contributed by atoms with Crippen LogP contribution < -0.4 is 0 Å². The lowest BCUT2D eigenvalue weighted by Gasteiger charge is -2.33. The Balaban J connectivity index is 1.70. The molecule has 1 aliphatic heterocycles. The third-order valence-electron chi connectivity index (χ3n) is 5.28. The van der Waals surface area contributed by atoms with E-state index < -0.39 is 5.97 Å². The number of carbonyl (C=O) groups is 1. The summed E-state index contributed by atoms with van der Waals surface area (Å²) in [4.78, 5) is 13.9. The van der Waals surface area contributed by atoms with Crippen molar-refractivity contribution in [2.45, 2.75) is 50.5 Å². The number of likely N-dealkylation sites (tertiary alicyclic amines) is 1. The number of benzene rings is 1. The zero-order chi connectivity index (χ0) is 15.5. The van der Waals surface area contributed by atoms with E-state index in [1.54, 1.807) is 12.1 Å². The molecule has 0 aromatic heterocycles. The van der Waals surface area contributed by atoms with Crippen molar-refractivity contribution in [1.82, 2.24) is 4.90 Å². The van der Waals surface area contributed by atoms with E-state index in [4.69, 9.17) is 0 Å². The van der Waals surface area contributed by atoms with Gasteiger partial charge >= 0.3 is 5.97 Å². The number of aliphatic carboxylic acids is 1. The fourth-order valence-electron chi connectivity index (χ4n) is 4.18. The lowest BCUT2D eigenvalue weighted by Crippen LogP contribution is -2.45. The van der Waals surface area contributed by atoms with Crippen molar-refractivity contribution in [2.24, 2.45) is 5.92 Å². The first kappa shape index (κ1) is 15.5. The molecule has 0 amide bonds. The predicted molar refractivity (Wildman–Crippen MR) is 83.3 cm³/mol. The fraction of sp³-hybridized carbons (Fsp3) is 0.611. The quantitative estimate of drug-likeness (QED) is 0.923. The van der Waals surface area contributed by atoms with Gasteiger partial charge in [-0.25, -0.2) is 4.39 Å². The van der Waals surface area contributed by atoms with Crippen LogP contribution in [0.5, 0.6) is 0 Å². The van der Waals surface area contributed by atoms with Crippen LogP contribution in [-0.4, -0.2) is 35.1 Å². The van der Waals surface area contributed by atoms with Crippen molar-refractivity contribution in [3.63, 3.8) is 0 Å². The van der Waals surface area contributed by atoms with Crippen LogP contribution in [-0.2, 0) is 4.79 Å². The normalized spacial score (nSPS) is 25.2. The van der Waals surface area contributed by atoms with Gasteiger partial charge in [-0.2, -0.15) is 0 Å². The SMILES string of the molecule is O=C(O)[C@@H](C1CCCCC1)N1CCC(c2cccc(F)c2)C1. The number of hydrogen-bond donors (Lipinski definition) is 1. The van der Waals surface area contributed by atoms with Crippen molar-refractivity contribution in [1.29, 1.82) is 0 Å². The Labute approximate surface area is 131 Å². The zero-order valence-corrected chi connectivity index (χ0v) is 12.9. The monoisotopic (exact) mass is 305 g/mol. The third kappa shape index (κ3) is 3.32. The molecule has 1 aromatic rings. The van der Waals surface area contributed by atoms with Crippen LogP contribution in [0.3, 0.4) is 0 Å². The summed E-state index contributed by atoms with van der Waals surface area (Å²) in [7, 11) is 0. The second-order valence-electron chi connectivity index (χ2n) is 6.72. The van der Waals surface area contributed by atoms with Gasteiger partial charge in [-0.1, -0.05) is 31.4 Å². The average Bonchev–Trinajstić information content (AvgIpc) is 2.98. The lowest BCUT2D eigenvalue weighted by molar-refractivity contribution is -0.145. The van der Waals surface area contributed by atoms with Gasteiger partial charge in [-0.3, -0.25) is 9.69 Å². The molecule has 120 valence electrons. The maximum absolute atomic E-state index is 13.4. The summed E-state index contributed by atoms with van der Waals surface area (Å²) in [5, 5.41) is 9.69. The van der Waals surface area contributed by atoms with Gasteiger partial charge in [-0.15, -0.1) is 0 Å². The molecular formula is C18H24FNO2. The van der Waals surface area contributed by atoms with E-state index in [0.717, 1.165) is 50.8 Å². The van der Waals surface area contributed by atoms with Gasteiger partial charge in [0.1, 0.15) is 11.9 Å². The Hall–Kier alpha value is -1.42. The van der Waals surface area contributed by atoms with Gasteiger partial charge in [0.25, 0.3) is 0 Å². The van der Waals surface area contributed by atoms with Crippen LogP contribution in [0.15, 0.2) is 24.3 Å². The Morgan fingerprint density at radius 3 is 2.68 bits per heavy atom. The van der Waals surface area contributed by atoms with Crippen LogP contribution in [0.1, 0.15) is 50.0 Å². The van der Waals surface area contributed by atoms with Crippen molar-refractivity contribution in [3.8, 4) is 0 Å². The van der Waals surface area contributed by atoms with Crippen LogP contribution >= 0.6 is 0 Å². The lowest BCUT2D eigenvalue weighted by atomic mass is 9.83. The molecule has 2 fully saturated rings. The maximum Gasteiger partial charge on any atom is 0.321 e. The van der Waals surface area contributed by atoms with Gasteiger partial charge in [0.15, 0.2) is 0 Å². The number of halogens is 1. The first-order valence-corrected chi connectivity index (χ1v) is 8.37. The van der Waals surface area contributed by atoms with E-state index in [0.29, 0.717) is 0 Å². The molecule has 1 saturated heterocycles. The van der Waals surface area contributed by atoms with Crippen LogP contribution in [0.4, 0.5) is 4.39 Å². The summed E-state index contributed by atoms with van der Waals surface area (Å²) in [5.41, 5.74) is 0.996. The molecule has 1 saturated carbocycles. The molecule has 3 nitrogen and oxygen atoms in total. The molecule has 0 radical (unpaired) electrons. The molecule has 2 atom stereocenters. The fourth-order valence-corrected chi connectivity index (χ4v) is 4.18. The standard InChI is InChI=1S/C18H24FNO2/c19-16-8-4-7-14(11-16)15-9-10-20(12-15)17(18(21)22)13-5-2-1-3-6-13/h4,7-8,11,13,15,17H,1-3,5-6,9-10,12H2,(H,21,22)/t15?,17-/m1/s1. The van der Waals surface area contributed by atoms with E-state index >= 15 is 0 Å². The molecule has 1 aliphatic carbocycles. The summed E-state index contributed by atoms with van der Waals surface area (Å²) in [6, 6.07) is 6.37. The van der Waals surface area contributed by atoms with Crippen molar-refractivity contribution in [3.05, 3.63) is 35.6 Å². The number of nitrogens with zero attached hydrogens (tertiary/aromatic N) is 1. The highest BCUT2D eigenvalue weighted by molar-refractivity contribution is 5.74. The van der Waals surface area contributed by atoms with Gasteiger partial charge in [0, 0.05) is 6.54 Å². The second-order valence-corrected chi connectivity index (χ2v) is 6.72. The predicted octanol–water partition coefficient (Wildman–Crippen LogP) is 3.65. The molecule has 22 heavy (non-hydrogen) atoms. The van der Waals surface area contributed by atoms with Crippen molar-refractivity contribution < 1.29 is 14.3 Å². The Kier molecular flexibility index (Phi) is 4.77. The van der Waals surface area contributed by atoms with Gasteiger partial charge in [0.2, 0.25) is 0 Å². The molecule has 1 unspecified atom stereocenters. The Bertz CT molecular complexity index is 528. The highest BCUT2D eigenvalue weighted by atomic mass is 19.1. The van der Waals surface area contributed by atoms with E-state index in [1.807, 2.05) is 6.07 Å². The van der Waals surface area contributed by atoms with E-state index in [-0.39, 0.29) is 23.7 Å². The molecule has 4 heteroatoms. The van der Waals surface area contributed by atoms with Crippen LogP contribution in [0.2, 0.25) is 0 Å². The summed E-state index contributed by atoms with van der Waals surface area (Å²) < 4.78 is 13.4. The first-order chi connectivity index (χ1) is 10.6. The molecule has 1 heterocycles. The van der Waals surface area contributed by atoms with E-state index in [9.17, 15) is 14.3 Å². The van der Waals surface area contributed by atoms with Gasteiger partial charge in [0.05, 0.1) is 0 Å². The van der Waals surface area contributed by atoms with Crippen LogP contribution in [0, 0.1) is 11.7 Å². The molecular weight excluding hydrogens is 281 g/mol. The molecule has 1 aromatic carbocycles. The average molecular weight is 305 g/mol. The minimum Gasteiger partial charge on any atom is -0.480 e. The number of hydrogen-bond acceptors (Lipinski definition) is 2. The smallest absolute Gasteiger partial charge is 0.321 e. The van der Waals surface area contributed by atoms with Crippen molar-refractivity contribution in [2.75, 3.05) is 13.1 Å². The van der Waals surface area contributed by atoms with Crippen LogP contribution in [0.25, 0.3) is 0 Å². The Morgan fingerprint density at radius 2 is 2.00 bits per heavy atom. The largest absolute Gasteiger partial charge is 0.480 e. The van der Waals surface area contributed by atoms with Gasteiger partial charge in [-0.05, 0) is 55.3 Å². The first-order valence-electron chi connectivity index (χ1n) is 8.37. The molecule has 3 rings (SSSR count). The highest BCUT2D eigenvalue weighted by Crippen LogP contribution is 2.34. The minimum atomic E-state index is -0.688. The molecule has 1 N–H and O–H groups in total. The molecule has 0 spiro atoms. The minimum absolute atomic E-state index is 0.210. The summed E-state index contributed by atoms with van der Waals surface area (Å²) in [5.74, 6) is -0.372.